The van der Waals surface area contributed by atoms with Crippen LogP contribution in [0.2, 0.25) is 0 Å². The van der Waals surface area contributed by atoms with Gasteiger partial charge in [-0.2, -0.15) is 0 Å². The zero-order valence-corrected chi connectivity index (χ0v) is 13.7. The molecule has 0 aliphatic heterocycles. The maximum atomic E-state index is 13.6. The molecule has 8 heteroatoms. The summed E-state index contributed by atoms with van der Waals surface area (Å²) < 4.78 is 40.5. The van der Waals surface area contributed by atoms with Gasteiger partial charge in [0.1, 0.15) is 23.1 Å². The third kappa shape index (κ3) is 4.30. The second kappa shape index (κ2) is 7.69. The molecule has 0 aliphatic rings. The highest BCUT2D eigenvalue weighted by Gasteiger charge is 2.16. The number of hydrogen-bond donors (Lipinski definition) is 2. The number of halogens is 3. The molecule has 0 atom stereocenters. The first-order valence-corrected chi connectivity index (χ1v) is 7.71. The van der Waals surface area contributed by atoms with Gasteiger partial charge in [-0.15, -0.1) is 0 Å². The molecule has 3 aromatic rings. The monoisotopic (exact) mass is 371 g/mol. The van der Waals surface area contributed by atoms with Gasteiger partial charge >= 0.3 is 0 Å². The van der Waals surface area contributed by atoms with E-state index in [1.54, 1.807) is 0 Å². The molecule has 5 nitrogen and oxygen atoms in total. The fourth-order valence-corrected chi connectivity index (χ4v) is 2.26. The summed E-state index contributed by atoms with van der Waals surface area (Å²) >= 11 is 0. The van der Waals surface area contributed by atoms with Crippen molar-refractivity contribution in [3.63, 3.8) is 0 Å². The Morgan fingerprint density at radius 3 is 2.00 bits per heavy atom. The summed E-state index contributed by atoms with van der Waals surface area (Å²) in [5.74, 6) is -3.86. The van der Waals surface area contributed by atoms with E-state index in [2.05, 4.69) is 15.6 Å². The summed E-state index contributed by atoms with van der Waals surface area (Å²) in [4.78, 5) is 28.3. The third-order valence-corrected chi connectivity index (χ3v) is 3.55. The number of amides is 2. The van der Waals surface area contributed by atoms with Crippen molar-refractivity contribution >= 4 is 23.2 Å². The van der Waals surface area contributed by atoms with E-state index in [9.17, 15) is 22.8 Å². The molecule has 2 N–H and O–H groups in total. The maximum Gasteiger partial charge on any atom is 0.257 e. The molecule has 0 unspecified atom stereocenters. The smallest absolute Gasteiger partial charge is 0.257 e. The Labute approximate surface area is 151 Å². The van der Waals surface area contributed by atoms with Crippen molar-refractivity contribution in [2.75, 3.05) is 10.6 Å². The number of pyridine rings is 1. The zero-order valence-electron chi connectivity index (χ0n) is 13.7. The summed E-state index contributed by atoms with van der Waals surface area (Å²) in [6.07, 6.45) is 2.35. The number of nitrogens with zero attached hydrogens (tertiary/aromatic N) is 1. The second-order valence-corrected chi connectivity index (χ2v) is 5.48. The number of carbonyl (C=O) groups excluding carboxylic acids is 2. The number of rotatable bonds is 4. The van der Waals surface area contributed by atoms with Crippen LogP contribution in [0.1, 0.15) is 20.7 Å². The van der Waals surface area contributed by atoms with Gasteiger partial charge in [-0.05, 0) is 36.4 Å². The quantitative estimate of drug-likeness (QED) is 0.728. The fourth-order valence-electron chi connectivity index (χ4n) is 2.26. The van der Waals surface area contributed by atoms with Crippen molar-refractivity contribution in [2.45, 2.75) is 0 Å². The summed E-state index contributed by atoms with van der Waals surface area (Å²) in [6.45, 7) is 0. The maximum absolute atomic E-state index is 13.6. The minimum absolute atomic E-state index is 0.0147. The van der Waals surface area contributed by atoms with Crippen LogP contribution in [0, 0.1) is 17.5 Å². The second-order valence-electron chi connectivity index (χ2n) is 5.48. The molecule has 0 spiro atoms. The Balaban J connectivity index is 1.78. The lowest BCUT2D eigenvalue weighted by atomic mass is 10.1. The lowest BCUT2D eigenvalue weighted by Crippen LogP contribution is -2.17. The van der Waals surface area contributed by atoms with Crippen LogP contribution in [0.25, 0.3) is 0 Å². The lowest BCUT2D eigenvalue weighted by molar-refractivity contribution is 0.102. The van der Waals surface area contributed by atoms with Crippen molar-refractivity contribution in [1.82, 2.24) is 4.98 Å². The highest BCUT2D eigenvalue weighted by molar-refractivity contribution is 6.08. The Morgan fingerprint density at radius 1 is 0.778 bits per heavy atom. The Bertz CT molecular complexity index is 1000. The molecule has 1 aromatic heterocycles. The van der Waals surface area contributed by atoms with E-state index in [0.29, 0.717) is 0 Å². The Kier molecular flexibility index (Phi) is 5.16. The predicted molar refractivity (Wildman–Crippen MR) is 92.9 cm³/mol. The van der Waals surface area contributed by atoms with E-state index in [0.717, 1.165) is 24.4 Å². The molecule has 2 amide bonds. The molecule has 0 fully saturated rings. The van der Waals surface area contributed by atoms with Crippen LogP contribution in [-0.2, 0) is 0 Å². The van der Waals surface area contributed by atoms with Crippen molar-refractivity contribution in [2.24, 2.45) is 0 Å². The van der Waals surface area contributed by atoms with Gasteiger partial charge in [0.2, 0.25) is 0 Å². The van der Waals surface area contributed by atoms with Gasteiger partial charge in [0.15, 0.2) is 0 Å². The van der Waals surface area contributed by atoms with Crippen molar-refractivity contribution in [3.8, 4) is 0 Å². The lowest BCUT2D eigenvalue weighted by Gasteiger charge is -2.09. The standard InChI is InChI=1S/C19H12F3N3O2/c20-13-3-1-4-14(8-13)24-18(26)11-7-12(10-23-9-11)19(27)25-17-15(21)5-2-6-16(17)22/h1-10H,(H,24,26)(H,25,27). The molecule has 0 bridgehead atoms. The van der Waals surface area contributed by atoms with Gasteiger partial charge in [0, 0.05) is 18.1 Å². The molecular weight excluding hydrogens is 359 g/mol. The molecule has 2 aromatic carbocycles. The van der Waals surface area contributed by atoms with Crippen LogP contribution in [0.15, 0.2) is 60.9 Å². The van der Waals surface area contributed by atoms with Gasteiger partial charge in [0.25, 0.3) is 11.8 Å². The molecule has 27 heavy (non-hydrogen) atoms. The van der Waals surface area contributed by atoms with Crippen LogP contribution in [0.5, 0.6) is 0 Å². The first kappa shape index (κ1) is 18.1. The minimum atomic E-state index is -0.934. The van der Waals surface area contributed by atoms with Crippen LogP contribution in [0.3, 0.4) is 0 Å². The summed E-state index contributed by atoms with van der Waals surface area (Å²) in [6, 6.07) is 9.64. The van der Waals surface area contributed by atoms with Crippen LogP contribution in [-0.4, -0.2) is 16.8 Å². The Hall–Kier alpha value is -3.68. The number of benzene rings is 2. The van der Waals surface area contributed by atoms with Gasteiger partial charge in [0.05, 0.1) is 11.1 Å². The normalized spacial score (nSPS) is 10.3. The number of nitrogens with one attached hydrogen (secondary N) is 2. The van der Waals surface area contributed by atoms with Crippen molar-refractivity contribution in [1.29, 1.82) is 0 Å². The average Bonchev–Trinajstić information content (AvgIpc) is 2.65. The molecule has 0 radical (unpaired) electrons. The van der Waals surface area contributed by atoms with E-state index in [4.69, 9.17) is 0 Å². The topological polar surface area (TPSA) is 71.1 Å². The molecule has 0 saturated heterocycles. The van der Waals surface area contributed by atoms with Crippen LogP contribution < -0.4 is 10.6 Å². The van der Waals surface area contributed by atoms with E-state index in [-0.39, 0.29) is 16.8 Å². The molecular formula is C19H12F3N3O2. The van der Waals surface area contributed by atoms with Crippen molar-refractivity contribution in [3.05, 3.63) is 89.5 Å². The first-order chi connectivity index (χ1) is 12.9. The predicted octanol–water partition coefficient (Wildman–Crippen LogP) is 4.00. The highest BCUT2D eigenvalue weighted by atomic mass is 19.1. The van der Waals surface area contributed by atoms with E-state index in [1.165, 1.54) is 36.5 Å². The summed E-state index contributed by atoms with van der Waals surface area (Å²) in [5.41, 5.74) is -0.439. The molecule has 136 valence electrons. The number of anilines is 2. The molecule has 1 heterocycles. The van der Waals surface area contributed by atoms with E-state index < -0.39 is 35.0 Å². The molecule has 0 aliphatic carbocycles. The SMILES string of the molecule is O=C(Nc1cccc(F)c1)c1cncc(C(=O)Nc2c(F)cccc2F)c1. The fraction of sp³-hybridized carbons (Fsp3) is 0. The van der Waals surface area contributed by atoms with Gasteiger partial charge in [-0.3, -0.25) is 14.6 Å². The van der Waals surface area contributed by atoms with E-state index in [1.807, 2.05) is 0 Å². The Morgan fingerprint density at radius 2 is 1.37 bits per heavy atom. The van der Waals surface area contributed by atoms with Crippen molar-refractivity contribution < 1.29 is 22.8 Å². The van der Waals surface area contributed by atoms with Gasteiger partial charge < -0.3 is 10.6 Å². The number of para-hydroxylation sites is 1. The van der Waals surface area contributed by atoms with Crippen LogP contribution in [0.4, 0.5) is 24.5 Å². The number of aromatic nitrogens is 1. The highest BCUT2D eigenvalue weighted by Crippen LogP contribution is 2.19. The largest absolute Gasteiger partial charge is 0.322 e. The molecule has 3 rings (SSSR count). The summed E-state index contributed by atoms with van der Waals surface area (Å²) in [7, 11) is 0. The van der Waals surface area contributed by atoms with E-state index >= 15 is 0 Å². The number of hydrogen-bond acceptors (Lipinski definition) is 3. The zero-order chi connectivity index (χ0) is 19.4. The minimum Gasteiger partial charge on any atom is -0.322 e. The third-order valence-electron chi connectivity index (χ3n) is 3.55. The number of carbonyl (C=O) groups is 2. The average molecular weight is 371 g/mol. The van der Waals surface area contributed by atoms with Crippen LogP contribution >= 0.6 is 0 Å². The summed E-state index contributed by atoms with van der Waals surface area (Å²) in [5, 5.41) is 4.57. The van der Waals surface area contributed by atoms with Gasteiger partial charge in [-0.25, -0.2) is 13.2 Å². The molecule has 0 saturated carbocycles. The first-order valence-electron chi connectivity index (χ1n) is 7.71. The van der Waals surface area contributed by atoms with Gasteiger partial charge in [-0.1, -0.05) is 12.1 Å².